The highest BCUT2D eigenvalue weighted by Gasteiger charge is 2.12. The van der Waals surface area contributed by atoms with Crippen LogP contribution in [-0.2, 0) is 13.0 Å². The van der Waals surface area contributed by atoms with Gasteiger partial charge in [0.05, 0.1) is 24.5 Å². The number of nitrogens with zero attached hydrogens (tertiary/aromatic N) is 3. The first-order valence-corrected chi connectivity index (χ1v) is 6.94. The Bertz CT molecular complexity index is 573. The first kappa shape index (κ1) is 13.0. The second-order valence-corrected chi connectivity index (χ2v) is 4.94. The zero-order valence-corrected chi connectivity index (χ0v) is 11.5. The molecule has 1 unspecified atom stereocenters. The zero-order chi connectivity index (χ0) is 13.8. The molecule has 0 radical (unpaired) electrons. The average molecular weight is 270 g/mol. The highest BCUT2D eigenvalue weighted by Crippen LogP contribution is 2.24. The van der Waals surface area contributed by atoms with Crippen molar-refractivity contribution in [2.75, 3.05) is 6.61 Å². The van der Waals surface area contributed by atoms with E-state index in [0.29, 0.717) is 6.54 Å². The van der Waals surface area contributed by atoms with Gasteiger partial charge >= 0.3 is 0 Å². The molecule has 3 rings (SSSR count). The van der Waals surface area contributed by atoms with Crippen molar-refractivity contribution < 1.29 is 4.74 Å². The molecule has 5 heteroatoms. The molecule has 0 saturated heterocycles. The van der Waals surface area contributed by atoms with E-state index >= 15 is 0 Å². The Balaban J connectivity index is 1.64. The summed E-state index contributed by atoms with van der Waals surface area (Å²) in [5.41, 5.74) is 2.28. The Labute approximate surface area is 118 Å². The maximum Gasteiger partial charge on any atom is 0.144 e. The Morgan fingerprint density at radius 3 is 3.00 bits per heavy atom. The monoisotopic (exact) mass is 270 g/mol. The summed E-state index contributed by atoms with van der Waals surface area (Å²) in [6, 6.07) is 4.05. The maximum atomic E-state index is 5.57. The fraction of sp³-hybridized carbons (Fsp3) is 0.400. The van der Waals surface area contributed by atoms with Crippen molar-refractivity contribution in [1.29, 1.82) is 0 Å². The molecule has 1 aliphatic heterocycles. The van der Waals surface area contributed by atoms with Crippen LogP contribution in [0.5, 0.6) is 5.75 Å². The van der Waals surface area contributed by atoms with Gasteiger partial charge in [0.2, 0.25) is 0 Å². The normalized spacial score (nSPS) is 15.2. The SMILES string of the molecule is CC(NCc1cc2c(cn1)OCCC2)c1ncccn1. The molecule has 3 heterocycles. The number of aromatic nitrogens is 3. The summed E-state index contributed by atoms with van der Waals surface area (Å²) in [7, 11) is 0. The number of fused-ring (bicyclic) bond motifs is 1. The Morgan fingerprint density at radius 2 is 2.15 bits per heavy atom. The van der Waals surface area contributed by atoms with Gasteiger partial charge in [0.1, 0.15) is 11.6 Å². The van der Waals surface area contributed by atoms with Crippen molar-refractivity contribution in [1.82, 2.24) is 20.3 Å². The zero-order valence-electron chi connectivity index (χ0n) is 11.5. The van der Waals surface area contributed by atoms with Crippen LogP contribution in [0.3, 0.4) is 0 Å². The summed E-state index contributed by atoms with van der Waals surface area (Å²) in [5.74, 6) is 1.73. The third-order valence-corrected chi connectivity index (χ3v) is 3.42. The molecular weight excluding hydrogens is 252 g/mol. The average Bonchev–Trinajstić information content (AvgIpc) is 2.53. The lowest BCUT2D eigenvalue weighted by molar-refractivity contribution is 0.286. The Hall–Kier alpha value is -2.01. The molecule has 1 aliphatic rings. The van der Waals surface area contributed by atoms with Crippen LogP contribution >= 0.6 is 0 Å². The van der Waals surface area contributed by atoms with Gasteiger partial charge in [-0.15, -0.1) is 0 Å². The smallest absolute Gasteiger partial charge is 0.144 e. The molecule has 0 spiro atoms. The molecule has 0 fully saturated rings. The standard InChI is InChI=1S/C15H18N4O/c1-11(15-16-5-3-6-17-15)18-9-13-8-12-4-2-7-20-14(12)10-19-13/h3,5-6,8,10-11,18H,2,4,7,9H2,1H3. The van der Waals surface area contributed by atoms with Gasteiger partial charge in [-0.3, -0.25) is 4.98 Å². The van der Waals surface area contributed by atoms with Crippen LogP contribution in [0.2, 0.25) is 0 Å². The predicted molar refractivity (Wildman–Crippen MR) is 75.3 cm³/mol. The largest absolute Gasteiger partial charge is 0.492 e. The highest BCUT2D eigenvalue weighted by molar-refractivity contribution is 5.34. The van der Waals surface area contributed by atoms with Crippen LogP contribution in [0.15, 0.2) is 30.7 Å². The lowest BCUT2D eigenvalue weighted by Crippen LogP contribution is -2.21. The van der Waals surface area contributed by atoms with Crippen molar-refractivity contribution in [3.63, 3.8) is 0 Å². The predicted octanol–water partition coefficient (Wildman–Crippen LogP) is 2.05. The number of hydrogen-bond donors (Lipinski definition) is 1. The van der Waals surface area contributed by atoms with Crippen LogP contribution < -0.4 is 10.1 Å². The van der Waals surface area contributed by atoms with E-state index in [-0.39, 0.29) is 6.04 Å². The maximum absolute atomic E-state index is 5.57. The molecule has 0 bridgehead atoms. The van der Waals surface area contributed by atoms with Crippen LogP contribution in [0.1, 0.15) is 36.5 Å². The fourth-order valence-electron chi connectivity index (χ4n) is 2.28. The summed E-state index contributed by atoms with van der Waals surface area (Å²) in [6.07, 6.45) is 7.50. The van der Waals surface area contributed by atoms with E-state index < -0.39 is 0 Å². The summed E-state index contributed by atoms with van der Waals surface area (Å²) < 4.78 is 5.57. The molecule has 104 valence electrons. The second kappa shape index (κ2) is 5.96. The molecule has 2 aromatic rings. The van der Waals surface area contributed by atoms with Gasteiger partial charge in [-0.25, -0.2) is 9.97 Å². The molecule has 0 saturated carbocycles. The van der Waals surface area contributed by atoms with Gasteiger partial charge in [0.25, 0.3) is 0 Å². The van der Waals surface area contributed by atoms with E-state index in [1.807, 2.05) is 12.3 Å². The van der Waals surface area contributed by atoms with Crippen LogP contribution in [0.25, 0.3) is 0 Å². The van der Waals surface area contributed by atoms with Gasteiger partial charge in [-0.1, -0.05) is 0 Å². The molecular formula is C15H18N4O. The van der Waals surface area contributed by atoms with Crippen molar-refractivity contribution in [3.05, 3.63) is 47.8 Å². The first-order valence-electron chi connectivity index (χ1n) is 6.94. The van der Waals surface area contributed by atoms with Crippen LogP contribution in [-0.4, -0.2) is 21.6 Å². The third kappa shape index (κ3) is 2.93. The minimum Gasteiger partial charge on any atom is -0.492 e. The minimum absolute atomic E-state index is 0.102. The molecule has 5 nitrogen and oxygen atoms in total. The molecule has 1 N–H and O–H groups in total. The van der Waals surface area contributed by atoms with Gasteiger partial charge in [0.15, 0.2) is 0 Å². The number of aryl methyl sites for hydroxylation is 1. The van der Waals surface area contributed by atoms with Gasteiger partial charge in [-0.2, -0.15) is 0 Å². The first-order chi connectivity index (χ1) is 9.83. The molecule has 0 aliphatic carbocycles. The van der Waals surface area contributed by atoms with E-state index in [1.54, 1.807) is 12.4 Å². The second-order valence-electron chi connectivity index (χ2n) is 4.94. The molecule has 1 atom stereocenters. The van der Waals surface area contributed by atoms with Crippen molar-refractivity contribution >= 4 is 0 Å². The van der Waals surface area contributed by atoms with Crippen molar-refractivity contribution in [2.45, 2.75) is 32.4 Å². The van der Waals surface area contributed by atoms with E-state index in [9.17, 15) is 0 Å². The number of nitrogens with one attached hydrogen (secondary N) is 1. The fourth-order valence-corrected chi connectivity index (χ4v) is 2.28. The highest BCUT2D eigenvalue weighted by atomic mass is 16.5. The summed E-state index contributed by atoms with van der Waals surface area (Å²) in [4.78, 5) is 12.9. The van der Waals surface area contributed by atoms with E-state index in [2.05, 4.69) is 33.3 Å². The number of ether oxygens (including phenoxy) is 1. The van der Waals surface area contributed by atoms with Gasteiger partial charge in [-0.05, 0) is 37.5 Å². The van der Waals surface area contributed by atoms with E-state index in [0.717, 1.165) is 36.7 Å². The lowest BCUT2D eigenvalue weighted by atomic mass is 10.1. The number of rotatable bonds is 4. The van der Waals surface area contributed by atoms with E-state index in [4.69, 9.17) is 4.74 Å². The van der Waals surface area contributed by atoms with Crippen molar-refractivity contribution in [3.8, 4) is 5.75 Å². The summed E-state index contributed by atoms with van der Waals surface area (Å²) in [5, 5.41) is 3.39. The van der Waals surface area contributed by atoms with Crippen LogP contribution in [0.4, 0.5) is 0 Å². The molecule has 2 aromatic heterocycles. The number of pyridine rings is 1. The Morgan fingerprint density at radius 1 is 1.30 bits per heavy atom. The third-order valence-electron chi connectivity index (χ3n) is 3.42. The topological polar surface area (TPSA) is 59.9 Å². The summed E-state index contributed by atoms with van der Waals surface area (Å²) >= 11 is 0. The van der Waals surface area contributed by atoms with Gasteiger partial charge < -0.3 is 10.1 Å². The Kier molecular flexibility index (Phi) is 3.87. The van der Waals surface area contributed by atoms with E-state index in [1.165, 1.54) is 5.56 Å². The molecule has 0 amide bonds. The molecule has 20 heavy (non-hydrogen) atoms. The molecule has 0 aromatic carbocycles. The lowest BCUT2D eigenvalue weighted by Gasteiger charge is -2.18. The minimum atomic E-state index is 0.102. The summed E-state index contributed by atoms with van der Waals surface area (Å²) in [6.45, 7) is 3.55. The number of hydrogen-bond acceptors (Lipinski definition) is 5. The quantitative estimate of drug-likeness (QED) is 0.921. The van der Waals surface area contributed by atoms with Gasteiger partial charge in [0, 0.05) is 18.9 Å². The van der Waals surface area contributed by atoms with Crippen molar-refractivity contribution in [2.24, 2.45) is 0 Å². The van der Waals surface area contributed by atoms with Crippen LogP contribution in [0, 0.1) is 0 Å².